The summed E-state index contributed by atoms with van der Waals surface area (Å²) >= 11 is 0. The lowest BCUT2D eigenvalue weighted by Gasteiger charge is -2.34. The van der Waals surface area contributed by atoms with Crippen molar-refractivity contribution in [2.75, 3.05) is 19.6 Å². The number of piperidine rings is 1. The molecule has 0 aromatic heterocycles. The predicted octanol–water partition coefficient (Wildman–Crippen LogP) is 2.01. The van der Waals surface area contributed by atoms with Crippen molar-refractivity contribution < 1.29 is 0 Å². The zero-order valence-electron chi connectivity index (χ0n) is 10.2. The summed E-state index contributed by atoms with van der Waals surface area (Å²) in [5, 5.41) is 7.11. The second-order valence-corrected chi connectivity index (χ2v) is 5.55. The molecule has 1 rings (SSSR count). The van der Waals surface area contributed by atoms with Crippen LogP contribution in [-0.2, 0) is 0 Å². The summed E-state index contributed by atoms with van der Waals surface area (Å²) in [5.74, 6) is 1.75. The molecular weight excluding hydrogens is 172 g/mol. The first kappa shape index (κ1) is 12.0. The van der Waals surface area contributed by atoms with Crippen molar-refractivity contribution in [3.63, 3.8) is 0 Å². The van der Waals surface area contributed by atoms with E-state index in [1.165, 1.54) is 25.9 Å². The summed E-state index contributed by atoms with van der Waals surface area (Å²) in [6, 6.07) is 0. The fraction of sp³-hybridized carbons (Fsp3) is 1.00. The highest BCUT2D eigenvalue weighted by Crippen LogP contribution is 2.22. The normalized spacial score (nSPS) is 29.1. The van der Waals surface area contributed by atoms with E-state index in [9.17, 15) is 0 Å². The van der Waals surface area contributed by atoms with Crippen LogP contribution in [0.15, 0.2) is 0 Å². The summed E-state index contributed by atoms with van der Waals surface area (Å²) in [6.07, 6.45) is 2.69. The fourth-order valence-electron chi connectivity index (χ4n) is 2.19. The van der Waals surface area contributed by atoms with Crippen molar-refractivity contribution in [3.05, 3.63) is 0 Å². The lowest BCUT2D eigenvalue weighted by molar-refractivity contribution is 0.224. The second kappa shape index (κ2) is 5.13. The molecule has 14 heavy (non-hydrogen) atoms. The van der Waals surface area contributed by atoms with Crippen LogP contribution in [0.4, 0.5) is 0 Å². The molecule has 0 saturated carbocycles. The van der Waals surface area contributed by atoms with E-state index in [0.29, 0.717) is 0 Å². The van der Waals surface area contributed by atoms with Crippen molar-refractivity contribution in [1.82, 2.24) is 10.6 Å². The zero-order chi connectivity index (χ0) is 10.6. The molecular formula is C12H26N2. The van der Waals surface area contributed by atoms with Crippen molar-refractivity contribution in [1.29, 1.82) is 0 Å². The third-order valence-corrected chi connectivity index (χ3v) is 3.18. The first-order valence-electron chi connectivity index (χ1n) is 5.98. The van der Waals surface area contributed by atoms with E-state index in [2.05, 4.69) is 38.3 Å². The average molecular weight is 198 g/mol. The van der Waals surface area contributed by atoms with E-state index < -0.39 is 0 Å². The van der Waals surface area contributed by atoms with Crippen molar-refractivity contribution in [2.24, 2.45) is 11.8 Å². The minimum atomic E-state index is 0.260. The molecule has 0 radical (unpaired) electrons. The third kappa shape index (κ3) is 3.97. The van der Waals surface area contributed by atoms with Gasteiger partial charge in [0.25, 0.3) is 0 Å². The second-order valence-electron chi connectivity index (χ2n) is 5.55. The molecule has 0 spiro atoms. The quantitative estimate of drug-likeness (QED) is 0.725. The van der Waals surface area contributed by atoms with Gasteiger partial charge in [0.2, 0.25) is 0 Å². The van der Waals surface area contributed by atoms with E-state index in [-0.39, 0.29) is 5.54 Å². The first-order valence-corrected chi connectivity index (χ1v) is 5.98. The van der Waals surface area contributed by atoms with Gasteiger partial charge in [0.15, 0.2) is 0 Å². The molecule has 2 nitrogen and oxygen atoms in total. The van der Waals surface area contributed by atoms with Crippen LogP contribution >= 0.6 is 0 Å². The zero-order valence-corrected chi connectivity index (χ0v) is 10.2. The number of hydrogen-bond donors (Lipinski definition) is 2. The van der Waals surface area contributed by atoms with E-state index in [0.717, 1.165) is 18.4 Å². The van der Waals surface area contributed by atoms with Crippen molar-refractivity contribution in [2.45, 2.75) is 46.1 Å². The SMILES string of the molecule is CCC1CCNCC1CNC(C)(C)C. The van der Waals surface area contributed by atoms with Crippen molar-refractivity contribution in [3.8, 4) is 0 Å². The summed E-state index contributed by atoms with van der Waals surface area (Å²) in [4.78, 5) is 0. The molecule has 1 fully saturated rings. The Labute approximate surface area is 88.8 Å². The van der Waals surface area contributed by atoms with Gasteiger partial charge in [-0.1, -0.05) is 13.3 Å². The highest BCUT2D eigenvalue weighted by molar-refractivity contribution is 4.81. The number of hydrogen-bond acceptors (Lipinski definition) is 2. The van der Waals surface area contributed by atoms with E-state index in [4.69, 9.17) is 0 Å². The Morgan fingerprint density at radius 3 is 2.57 bits per heavy atom. The maximum Gasteiger partial charge on any atom is 0.00966 e. The number of nitrogens with one attached hydrogen (secondary N) is 2. The van der Waals surface area contributed by atoms with Crippen LogP contribution in [0, 0.1) is 11.8 Å². The summed E-state index contributed by atoms with van der Waals surface area (Å²) < 4.78 is 0. The Morgan fingerprint density at radius 2 is 2.00 bits per heavy atom. The van der Waals surface area contributed by atoms with Crippen LogP contribution in [-0.4, -0.2) is 25.2 Å². The van der Waals surface area contributed by atoms with Crippen molar-refractivity contribution >= 4 is 0 Å². The van der Waals surface area contributed by atoms with Crippen LogP contribution in [0.1, 0.15) is 40.5 Å². The first-order chi connectivity index (χ1) is 6.53. The maximum absolute atomic E-state index is 3.62. The molecule has 1 aliphatic rings. The molecule has 0 aromatic carbocycles. The molecule has 2 unspecified atom stereocenters. The Hall–Kier alpha value is -0.0800. The van der Waals surface area contributed by atoms with Crippen LogP contribution in [0.5, 0.6) is 0 Å². The van der Waals surface area contributed by atoms with Gasteiger partial charge in [0.1, 0.15) is 0 Å². The largest absolute Gasteiger partial charge is 0.316 e. The standard InChI is InChI=1S/C12H26N2/c1-5-10-6-7-13-8-11(10)9-14-12(2,3)4/h10-11,13-14H,5-9H2,1-4H3. The Bertz CT molecular complexity index is 160. The van der Waals surface area contributed by atoms with Crippen LogP contribution in [0.2, 0.25) is 0 Å². The lowest BCUT2D eigenvalue weighted by atomic mass is 9.84. The highest BCUT2D eigenvalue weighted by atomic mass is 15.0. The predicted molar refractivity (Wildman–Crippen MR) is 62.5 cm³/mol. The minimum absolute atomic E-state index is 0.260. The third-order valence-electron chi connectivity index (χ3n) is 3.18. The van der Waals surface area contributed by atoms with Crippen LogP contribution < -0.4 is 10.6 Å². The minimum Gasteiger partial charge on any atom is -0.316 e. The smallest absolute Gasteiger partial charge is 0.00966 e. The van der Waals surface area contributed by atoms with E-state index in [1.54, 1.807) is 0 Å². The molecule has 1 saturated heterocycles. The molecule has 2 heteroatoms. The molecule has 1 heterocycles. The van der Waals surface area contributed by atoms with Gasteiger partial charge in [0.05, 0.1) is 0 Å². The lowest BCUT2D eigenvalue weighted by Crippen LogP contribution is -2.46. The molecule has 2 atom stereocenters. The Kier molecular flexibility index (Phi) is 4.39. The monoisotopic (exact) mass is 198 g/mol. The van der Waals surface area contributed by atoms with Gasteiger partial charge in [-0.25, -0.2) is 0 Å². The van der Waals surface area contributed by atoms with Gasteiger partial charge in [-0.2, -0.15) is 0 Å². The number of rotatable bonds is 3. The van der Waals surface area contributed by atoms with Crippen LogP contribution in [0.25, 0.3) is 0 Å². The van der Waals surface area contributed by atoms with E-state index in [1.807, 2.05) is 0 Å². The molecule has 2 N–H and O–H groups in total. The summed E-state index contributed by atoms with van der Waals surface area (Å²) in [6.45, 7) is 12.6. The summed E-state index contributed by atoms with van der Waals surface area (Å²) in [7, 11) is 0. The highest BCUT2D eigenvalue weighted by Gasteiger charge is 2.24. The van der Waals surface area contributed by atoms with Gasteiger partial charge in [0, 0.05) is 5.54 Å². The summed E-state index contributed by atoms with van der Waals surface area (Å²) in [5.41, 5.74) is 0.260. The molecule has 0 aliphatic carbocycles. The molecule has 84 valence electrons. The van der Waals surface area contributed by atoms with E-state index >= 15 is 0 Å². The van der Waals surface area contributed by atoms with Gasteiger partial charge in [-0.3, -0.25) is 0 Å². The Morgan fingerprint density at radius 1 is 1.29 bits per heavy atom. The molecule has 0 amide bonds. The fourth-order valence-corrected chi connectivity index (χ4v) is 2.19. The molecule has 0 aromatic rings. The van der Waals surface area contributed by atoms with Gasteiger partial charge >= 0.3 is 0 Å². The average Bonchev–Trinajstić information content (AvgIpc) is 2.14. The van der Waals surface area contributed by atoms with Gasteiger partial charge < -0.3 is 10.6 Å². The van der Waals surface area contributed by atoms with Gasteiger partial charge in [-0.05, 0) is 58.7 Å². The molecule has 0 bridgehead atoms. The topological polar surface area (TPSA) is 24.1 Å². The maximum atomic E-state index is 3.62. The Balaban J connectivity index is 2.33. The molecule has 1 aliphatic heterocycles. The van der Waals surface area contributed by atoms with Crippen LogP contribution in [0.3, 0.4) is 0 Å². The van der Waals surface area contributed by atoms with Gasteiger partial charge in [-0.15, -0.1) is 0 Å².